The molecule has 1 aromatic heterocycles. The van der Waals surface area contributed by atoms with Crippen LogP contribution >= 0.6 is 23.2 Å². The standard InChI is InChI=1S/C7H4Cl2F3N/c8-6(9)5-2-1-4(3-13-5)7(10,11)12/h1-3,6H. The van der Waals surface area contributed by atoms with E-state index in [2.05, 4.69) is 4.98 Å². The van der Waals surface area contributed by atoms with E-state index < -0.39 is 16.6 Å². The third-order valence-corrected chi connectivity index (χ3v) is 1.78. The lowest BCUT2D eigenvalue weighted by molar-refractivity contribution is -0.137. The molecule has 1 nitrogen and oxygen atoms in total. The molecule has 0 aliphatic rings. The molecule has 0 radical (unpaired) electrons. The molecule has 0 spiro atoms. The summed E-state index contributed by atoms with van der Waals surface area (Å²) in [4.78, 5) is 2.56. The number of pyridine rings is 1. The van der Waals surface area contributed by atoms with Crippen molar-refractivity contribution in [3.63, 3.8) is 0 Å². The molecule has 0 bridgehead atoms. The Kier molecular flexibility index (Phi) is 3.03. The molecule has 0 N–H and O–H groups in total. The van der Waals surface area contributed by atoms with Gasteiger partial charge in [-0.2, -0.15) is 13.2 Å². The smallest absolute Gasteiger partial charge is 0.258 e. The van der Waals surface area contributed by atoms with Gasteiger partial charge in [0.1, 0.15) is 4.84 Å². The summed E-state index contributed by atoms with van der Waals surface area (Å²) in [5.74, 6) is 0. The maximum atomic E-state index is 12.0. The molecule has 0 atom stereocenters. The maximum Gasteiger partial charge on any atom is 0.417 e. The first-order chi connectivity index (χ1) is 5.91. The summed E-state index contributed by atoms with van der Waals surface area (Å²) in [6.45, 7) is 0. The molecule has 0 aliphatic carbocycles. The summed E-state index contributed by atoms with van der Waals surface area (Å²) in [6, 6.07) is 2.04. The van der Waals surface area contributed by atoms with Crippen molar-refractivity contribution in [2.75, 3.05) is 0 Å². The van der Waals surface area contributed by atoms with Gasteiger partial charge in [0.2, 0.25) is 0 Å². The fourth-order valence-electron chi connectivity index (χ4n) is 0.702. The molecular weight excluding hydrogens is 226 g/mol. The molecule has 1 heterocycles. The van der Waals surface area contributed by atoms with Crippen LogP contribution in [-0.2, 0) is 6.18 Å². The first kappa shape index (κ1) is 10.6. The highest BCUT2D eigenvalue weighted by Crippen LogP contribution is 2.30. The van der Waals surface area contributed by atoms with Gasteiger partial charge >= 0.3 is 6.18 Å². The van der Waals surface area contributed by atoms with Crippen LogP contribution in [0.15, 0.2) is 18.3 Å². The van der Waals surface area contributed by atoms with Crippen LogP contribution in [0.2, 0.25) is 0 Å². The maximum absolute atomic E-state index is 12.0. The molecule has 13 heavy (non-hydrogen) atoms. The molecule has 0 aromatic carbocycles. The van der Waals surface area contributed by atoms with Gasteiger partial charge in [-0.25, -0.2) is 0 Å². The normalized spacial score (nSPS) is 12.2. The van der Waals surface area contributed by atoms with Gasteiger partial charge in [0.25, 0.3) is 0 Å². The topological polar surface area (TPSA) is 12.9 Å². The van der Waals surface area contributed by atoms with E-state index in [9.17, 15) is 13.2 Å². The van der Waals surface area contributed by atoms with E-state index >= 15 is 0 Å². The van der Waals surface area contributed by atoms with E-state index in [-0.39, 0.29) is 5.69 Å². The molecular formula is C7H4Cl2F3N. The zero-order valence-corrected chi connectivity index (χ0v) is 7.66. The van der Waals surface area contributed by atoms with Crippen LogP contribution in [0, 0.1) is 0 Å². The Morgan fingerprint density at radius 2 is 1.85 bits per heavy atom. The third kappa shape index (κ3) is 2.74. The van der Waals surface area contributed by atoms with Gasteiger partial charge in [0.15, 0.2) is 0 Å². The monoisotopic (exact) mass is 229 g/mol. The van der Waals surface area contributed by atoms with Crippen molar-refractivity contribution in [3.8, 4) is 0 Å². The number of alkyl halides is 5. The molecule has 72 valence electrons. The molecule has 0 fully saturated rings. The minimum absolute atomic E-state index is 0.205. The first-order valence-electron chi connectivity index (χ1n) is 3.22. The Morgan fingerprint density at radius 3 is 2.15 bits per heavy atom. The largest absolute Gasteiger partial charge is 0.417 e. The first-order valence-corrected chi connectivity index (χ1v) is 4.10. The van der Waals surface area contributed by atoms with Crippen molar-refractivity contribution < 1.29 is 13.2 Å². The highest BCUT2D eigenvalue weighted by Gasteiger charge is 2.30. The average Bonchev–Trinajstić information content (AvgIpc) is 2.03. The van der Waals surface area contributed by atoms with Crippen LogP contribution in [0.25, 0.3) is 0 Å². The van der Waals surface area contributed by atoms with Gasteiger partial charge < -0.3 is 0 Å². The quantitative estimate of drug-likeness (QED) is 0.672. The summed E-state index contributed by atoms with van der Waals surface area (Å²) in [5.41, 5.74) is -0.610. The van der Waals surface area contributed by atoms with Crippen LogP contribution in [-0.4, -0.2) is 4.98 Å². The lowest BCUT2D eigenvalue weighted by atomic mass is 10.2. The highest BCUT2D eigenvalue weighted by molar-refractivity contribution is 6.43. The Bertz CT molecular complexity index is 281. The second-order valence-corrected chi connectivity index (χ2v) is 3.37. The van der Waals surface area contributed by atoms with Crippen molar-refractivity contribution in [1.29, 1.82) is 0 Å². The van der Waals surface area contributed by atoms with E-state index in [4.69, 9.17) is 23.2 Å². The SMILES string of the molecule is FC(F)(F)c1ccc(C(Cl)Cl)nc1. The van der Waals surface area contributed by atoms with Gasteiger partial charge in [0, 0.05) is 6.20 Å². The van der Waals surface area contributed by atoms with E-state index in [1.165, 1.54) is 0 Å². The molecule has 0 unspecified atom stereocenters. The average molecular weight is 230 g/mol. The van der Waals surface area contributed by atoms with Crippen molar-refractivity contribution in [2.24, 2.45) is 0 Å². The van der Waals surface area contributed by atoms with Gasteiger partial charge in [-0.05, 0) is 12.1 Å². The van der Waals surface area contributed by atoms with Gasteiger partial charge in [0.05, 0.1) is 11.3 Å². The van der Waals surface area contributed by atoms with Gasteiger partial charge in [-0.1, -0.05) is 23.2 Å². The van der Waals surface area contributed by atoms with Crippen LogP contribution < -0.4 is 0 Å². The Morgan fingerprint density at radius 1 is 1.23 bits per heavy atom. The minimum Gasteiger partial charge on any atom is -0.258 e. The molecule has 0 saturated heterocycles. The molecule has 0 amide bonds. The van der Waals surface area contributed by atoms with E-state index in [1.807, 2.05) is 0 Å². The Balaban J connectivity index is 2.94. The van der Waals surface area contributed by atoms with Crippen LogP contribution in [0.1, 0.15) is 16.1 Å². The van der Waals surface area contributed by atoms with E-state index in [0.717, 1.165) is 12.1 Å². The fourth-order valence-corrected chi connectivity index (χ4v) is 0.960. The molecule has 1 rings (SSSR count). The molecule has 1 aromatic rings. The number of hydrogen-bond donors (Lipinski definition) is 0. The molecule has 0 aliphatic heterocycles. The second-order valence-electron chi connectivity index (χ2n) is 2.27. The van der Waals surface area contributed by atoms with Crippen molar-refractivity contribution in [1.82, 2.24) is 4.98 Å². The summed E-state index contributed by atoms with van der Waals surface area (Å²) in [5, 5.41) is 0. The third-order valence-electron chi connectivity index (χ3n) is 1.34. The predicted molar refractivity (Wildman–Crippen MR) is 43.7 cm³/mol. The van der Waals surface area contributed by atoms with E-state index in [1.54, 1.807) is 0 Å². The predicted octanol–water partition coefficient (Wildman–Crippen LogP) is 3.58. The zero-order valence-electron chi connectivity index (χ0n) is 6.15. The number of hydrogen-bond acceptors (Lipinski definition) is 1. The van der Waals surface area contributed by atoms with Crippen LogP contribution in [0.3, 0.4) is 0 Å². The van der Waals surface area contributed by atoms with Gasteiger partial charge in [-0.15, -0.1) is 0 Å². The summed E-state index contributed by atoms with van der Waals surface area (Å²) in [6.07, 6.45) is -3.67. The van der Waals surface area contributed by atoms with Crippen molar-refractivity contribution in [2.45, 2.75) is 11.0 Å². The Hall–Kier alpha value is -0.480. The second kappa shape index (κ2) is 3.72. The van der Waals surface area contributed by atoms with Crippen LogP contribution in [0.4, 0.5) is 13.2 Å². The lowest BCUT2D eigenvalue weighted by Crippen LogP contribution is -2.05. The van der Waals surface area contributed by atoms with Crippen LogP contribution in [0.5, 0.6) is 0 Å². The minimum atomic E-state index is -4.38. The number of nitrogens with zero attached hydrogens (tertiary/aromatic N) is 1. The highest BCUT2D eigenvalue weighted by atomic mass is 35.5. The summed E-state index contributed by atoms with van der Waals surface area (Å²) in [7, 11) is 0. The van der Waals surface area contributed by atoms with Crippen molar-refractivity contribution in [3.05, 3.63) is 29.6 Å². The Labute approximate surface area is 82.5 Å². The summed E-state index contributed by atoms with van der Waals surface area (Å²) < 4.78 is 36.0. The fraction of sp³-hybridized carbons (Fsp3) is 0.286. The number of aromatic nitrogens is 1. The molecule has 6 heteroatoms. The summed E-state index contributed by atoms with van der Waals surface area (Å²) >= 11 is 10.8. The number of halogens is 5. The van der Waals surface area contributed by atoms with Crippen molar-refractivity contribution >= 4 is 23.2 Å². The lowest BCUT2D eigenvalue weighted by Gasteiger charge is -2.06. The molecule has 0 saturated carbocycles. The number of rotatable bonds is 1. The van der Waals surface area contributed by atoms with Gasteiger partial charge in [-0.3, -0.25) is 4.98 Å². The van der Waals surface area contributed by atoms with E-state index in [0.29, 0.717) is 6.20 Å². The zero-order chi connectivity index (χ0) is 10.1.